The van der Waals surface area contributed by atoms with Crippen molar-refractivity contribution >= 4 is 41.1 Å². The van der Waals surface area contributed by atoms with Gasteiger partial charge in [-0.3, -0.25) is 9.59 Å². The molecule has 2 unspecified atom stereocenters. The molecule has 2 aliphatic heterocycles. The van der Waals surface area contributed by atoms with Crippen molar-refractivity contribution in [3.8, 4) is 0 Å². The topological polar surface area (TPSA) is 105 Å². The number of rotatable bonds is 9. The van der Waals surface area contributed by atoms with Crippen LogP contribution in [-0.2, 0) is 27.2 Å². The van der Waals surface area contributed by atoms with Crippen molar-refractivity contribution in [2.45, 2.75) is 77.7 Å². The van der Waals surface area contributed by atoms with E-state index in [9.17, 15) is 14.4 Å². The summed E-state index contributed by atoms with van der Waals surface area (Å²) in [7, 11) is 0. The van der Waals surface area contributed by atoms with Gasteiger partial charge in [0.1, 0.15) is 5.60 Å². The summed E-state index contributed by atoms with van der Waals surface area (Å²) in [5.41, 5.74) is 7.47. The Morgan fingerprint density at radius 1 is 0.800 bits per heavy atom. The van der Waals surface area contributed by atoms with Crippen molar-refractivity contribution in [3.05, 3.63) is 69.7 Å². The molecule has 45 heavy (non-hydrogen) atoms. The number of nitrogens with zero attached hydrogens (tertiary/aromatic N) is 2. The average Bonchev–Trinajstić information content (AvgIpc) is 3.02. The van der Waals surface area contributed by atoms with Crippen molar-refractivity contribution in [1.29, 1.82) is 0 Å². The van der Waals surface area contributed by atoms with E-state index in [-0.39, 0.29) is 17.7 Å². The Balaban J connectivity index is 0.000000257. The second-order valence-corrected chi connectivity index (χ2v) is 13.9. The Labute approximate surface area is 278 Å². The Kier molecular flexibility index (Phi) is 15.0. The van der Waals surface area contributed by atoms with E-state index in [1.165, 1.54) is 0 Å². The molecule has 8 nitrogen and oxygen atoms in total. The molecule has 0 aliphatic carbocycles. The minimum absolute atomic E-state index is 0.168. The normalized spacial score (nSPS) is 18.4. The molecule has 10 heteroatoms. The number of piperidine rings is 2. The van der Waals surface area contributed by atoms with Crippen LogP contribution in [0.2, 0.25) is 10.0 Å². The lowest BCUT2D eigenvalue weighted by Gasteiger charge is -2.33. The third-order valence-electron chi connectivity index (χ3n) is 8.09. The zero-order valence-electron chi connectivity index (χ0n) is 27.0. The van der Waals surface area contributed by atoms with Gasteiger partial charge in [-0.05, 0) is 113 Å². The Bertz CT molecular complexity index is 1220. The lowest BCUT2D eigenvalue weighted by Crippen LogP contribution is -2.44. The minimum Gasteiger partial charge on any atom is -0.444 e. The van der Waals surface area contributed by atoms with E-state index in [1.54, 1.807) is 0 Å². The van der Waals surface area contributed by atoms with E-state index < -0.39 is 11.7 Å². The highest BCUT2D eigenvalue weighted by Crippen LogP contribution is 2.19. The smallest absolute Gasteiger partial charge is 0.407 e. The number of nitrogens with one attached hydrogen (secondary N) is 1. The van der Waals surface area contributed by atoms with Gasteiger partial charge in [0.2, 0.25) is 11.8 Å². The fourth-order valence-electron chi connectivity index (χ4n) is 5.60. The third kappa shape index (κ3) is 14.0. The van der Waals surface area contributed by atoms with E-state index in [1.807, 2.05) is 79.1 Å². The van der Waals surface area contributed by atoms with E-state index in [4.69, 9.17) is 33.7 Å². The first-order valence-electron chi connectivity index (χ1n) is 16.1. The Hall–Kier alpha value is -2.81. The molecule has 2 atom stereocenters. The number of alkyl carbamates (subject to hydrolysis) is 1. The van der Waals surface area contributed by atoms with Crippen molar-refractivity contribution < 1.29 is 19.1 Å². The second kappa shape index (κ2) is 18.4. The molecule has 2 aromatic rings. The quantitative estimate of drug-likeness (QED) is 0.319. The van der Waals surface area contributed by atoms with Crippen molar-refractivity contribution in [2.24, 2.45) is 17.6 Å². The number of benzene rings is 2. The zero-order valence-corrected chi connectivity index (χ0v) is 28.5. The highest BCUT2D eigenvalue weighted by molar-refractivity contribution is 6.30. The molecular formula is C35H50Cl2N4O4. The standard InChI is InChI=1S/C20H29ClN2O3.C15H21ClN2O/c1-20(2,3)26-19(25)22-13-16-5-4-12-23(14-16)18(24)11-8-15-6-9-17(21)10-7-15;16-14-6-3-12(4-7-14)5-8-15(19)18-9-1-2-13(10-17)11-18/h6-7,9-10,16H,4-5,8,11-14H2,1-3H3,(H,22,25);3-4,6-7,13H,1-2,5,8-11,17H2. The predicted molar refractivity (Wildman–Crippen MR) is 181 cm³/mol. The lowest BCUT2D eigenvalue weighted by molar-refractivity contribution is -0.133. The van der Waals surface area contributed by atoms with Crippen molar-refractivity contribution in [1.82, 2.24) is 15.1 Å². The summed E-state index contributed by atoms with van der Waals surface area (Å²) < 4.78 is 5.26. The first-order chi connectivity index (χ1) is 21.4. The van der Waals surface area contributed by atoms with Crippen LogP contribution in [0.3, 0.4) is 0 Å². The fraction of sp³-hybridized carbons (Fsp3) is 0.571. The number of nitrogens with two attached hydrogens (primary N) is 1. The third-order valence-corrected chi connectivity index (χ3v) is 8.60. The van der Waals surface area contributed by atoms with E-state index in [0.29, 0.717) is 49.8 Å². The van der Waals surface area contributed by atoms with E-state index in [0.717, 1.165) is 67.9 Å². The molecule has 2 aromatic carbocycles. The minimum atomic E-state index is -0.500. The van der Waals surface area contributed by atoms with Crippen LogP contribution in [0.4, 0.5) is 4.79 Å². The molecule has 0 radical (unpaired) electrons. The molecular weight excluding hydrogens is 611 g/mol. The zero-order chi connectivity index (χ0) is 32.8. The number of carbonyl (C=O) groups excluding carboxylic acids is 3. The van der Waals surface area contributed by atoms with Crippen LogP contribution in [0.25, 0.3) is 0 Å². The second-order valence-electron chi connectivity index (χ2n) is 13.1. The maximum Gasteiger partial charge on any atom is 0.407 e. The maximum absolute atomic E-state index is 12.5. The monoisotopic (exact) mass is 660 g/mol. The van der Waals surface area contributed by atoms with Gasteiger partial charge >= 0.3 is 6.09 Å². The first-order valence-corrected chi connectivity index (χ1v) is 16.9. The number of aryl methyl sites for hydroxylation is 2. The van der Waals surface area contributed by atoms with Crippen molar-refractivity contribution in [2.75, 3.05) is 39.3 Å². The van der Waals surface area contributed by atoms with Gasteiger partial charge in [-0.2, -0.15) is 0 Å². The number of hydrogen-bond acceptors (Lipinski definition) is 5. The molecule has 0 bridgehead atoms. The lowest BCUT2D eigenvalue weighted by atomic mass is 9.97. The molecule has 3 N–H and O–H groups in total. The highest BCUT2D eigenvalue weighted by Gasteiger charge is 2.25. The number of ether oxygens (including phenoxy) is 1. The van der Waals surface area contributed by atoms with E-state index >= 15 is 0 Å². The number of halogens is 2. The van der Waals surface area contributed by atoms with Crippen LogP contribution in [0.1, 0.15) is 70.4 Å². The van der Waals surface area contributed by atoms with Crippen LogP contribution >= 0.6 is 23.2 Å². The van der Waals surface area contributed by atoms with Crippen molar-refractivity contribution in [3.63, 3.8) is 0 Å². The molecule has 0 saturated carbocycles. The predicted octanol–water partition coefficient (Wildman–Crippen LogP) is 6.51. The fourth-order valence-corrected chi connectivity index (χ4v) is 5.86. The van der Waals surface area contributed by atoms with Gasteiger partial charge in [-0.25, -0.2) is 4.79 Å². The van der Waals surface area contributed by atoms with Gasteiger partial charge in [-0.1, -0.05) is 47.5 Å². The number of likely N-dealkylation sites (tertiary alicyclic amines) is 2. The molecule has 2 heterocycles. The van der Waals surface area contributed by atoms with Crippen LogP contribution < -0.4 is 11.1 Å². The summed E-state index contributed by atoms with van der Waals surface area (Å²) in [6.07, 6.45) is 6.36. The summed E-state index contributed by atoms with van der Waals surface area (Å²) in [6, 6.07) is 15.3. The summed E-state index contributed by atoms with van der Waals surface area (Å²) in [4.78, 5) is 40.3. The Morgan fingerprint density at radius 2 is 1.24 bits per heavy atom. The molecule has 0 spiro atoms. The van der Waals surface area contributed by atoms with Gasteiger partial charge < -0.3 is 25.6 Å². The van der Waals surface area contributed by atoms with Gasteiger partial charge in [0.15, 0.2) is 0 Å². The van der Waals surface area contributed by atoms with E-state index in [2.05, 4.69) is 5.32 Å². The molecule has 0 aromatic heterocycles. The van der Waals surface area contributed by atoms with Gasteiger partial charge in [-0.15, -0.1) is 0 Å². The van der Waals surface area contributed by atoms with Crippen LogP contribution in [0.15, 0.2) is 48.5 Å². The highest BCUT2D eigenvalue weighted by atomic mass is 35.5. The van der Waals surface area contributed by atoms with Gasteiger partial charge in [0.05, 0.1) is 0 Å². The SMILES string of the molecule is CC(C)(C)OC(=O)NCC1CCCN(C(=O)CCc2ccc(Cl)cc2)C1.NCC1CCCN(C(=O)CCc2ccc(Cl)cc2)C1. The molecule has 2 saturated heterocycles. The largest absolute Gasteiger partial charge is 0.444 e. The molecule has 2 fully saturated rings. The first kappa shape index (κ1) is 36.7. The molecule has 2 aliphatic rings. The number of amides is 3. The van der Waals surface area contributed by atoms with Crippen LogP contribution in [0.5, 0.6) is 0 Å². The number of hydrogen-bond donors (Lipinski definition) is 2. The van der Waals surface area contributed by atoms with Gasteiger partial charge in [0, 0.05) is 55.6 Å². The summed E-state index contributed by atoms with van der Waals surface area (Å²) in [5, 5.41) is 4.26. The summed E-state index contributed by atoms with van der Waals surface area (Å²) >= 11 is 11.7. The van der Waals surface area contributed by atoms with Crippen LogP contribution in [-0.4, -0.2) is 72.6 Å². The molecule has 3 amide bonds. The molecule has 248 valence electrons. The molecule has 4 rings (SSSR count). The van der Waals surface area contributed by atoms with Crippen LogP contribution in [0, 0.1) is 11.8 Å². The summed E-state index contributed by atoms with van der Waals surface area (Å²) in [5.74, 6) is 1.17. The summed E-state index contributed by atoms with van der Waals surface area (Å²) in [6.45, 7) is 9.94. The van der Waals surface area contributed by atoms with Gasteiger partial charge in [0.25, 0.3) is 0 Å². The number of carbonyl (C=O) groups is 3. The maximum atomic E-state index is 12.5. The average molecular weight is 662 g/mol. The Morgan fingerprint density at radius 3 is 1.69 bits per heavy atom.